The van der Waals surface area contributed by atoms with E-state index in [1.165, 1.54) is 31.4 Å². The zero-order chi connectivity index (χ0) is 19.4. The third-order valence-corrected chi connectivity index (χ3v) is 6.52. The van der Waals surface area contributed by atoms with E-state index in [2.05, 4.69) is 0 Å². The maximum absolute atomic E-state index is 13.3. The van der Waals surface area contributed by atoms with Crippen LogP contribution in [0.2, 0.25) is 5.02 Å². The first-order chi connectivity index (χ1) is 12.9. The Hall–Kier alpha value is -2.25. The molecule has 0 unspecified atom stereocenters. The highest BCUT2D eigenvalue weighted by Gasteiger charge is 2.31. The van der Waals surface area contributed by atoms with Crippen molar-refractivity contribution in [2.75, 3.05) is 31.0 Å². The molecule has 0 radical (unpaired) electrons. The normalized spacial score (nSPS) is 14.2. The second kappa shape index (κ2) is 8.19. The van der Waals surface area contributed by atoms with Crippen molar-refractivity contribution in [1.29, 1.82) is 0 Å². The first-order valence-corrected chi connectivity index (χ1v) is 10.4. The smallest absolute Gasteiger partial charge is 0.264 e. The number of hydrogen-bond acceptors (Lipinski definition) is 4. The van der Waals surface area contributed by atoms with Crippen LogP contribution in [-0.2, 0) is 14.8 Å². The zero-order valence-corrected chi connectivity index (χ0v) is 16.5. The van der Waals surface area contributed by atoms with Crippen molar-refractivity contribution >= 4 is 33.2 Å². The van der Waals surface area contributed by atoms with Crippen molar-refractivity contribution in [2.45, 2.75) is 17.7 Å². The van der Waals surface area contributed by atoms with Crippen LogP contribution >= 0.6 is 11.6 Å². The second-order valence-corrected chi connectivity index (χ2v) is 8.52. The van der Waals surface area contributed by atoms with Gasteiger partial charge in [-0.25, -0.2) is 8.42 Å². The summed E-state index contributed by atoms with van der Waals surface area (Å²) >= 11 is 5.89. The zero-order valence-electron chi connectivity index (χ0n) is 15.0. The molecule has 0 N–H and O–H groups in total. The quantitative estimate of drug-likeness (QED) is 0.736. The molecule has 0 spiro atoms. The third kappa shape index (κ3) is 4.20. The molecule has 6 nitrogen and oxygen atoms in total. The first kappa shape index (κ1) is 19.5. The molecule has 144 valence electrons. The van der Waals surface area contributed by atoms with Crippen molar-refractivity contribution in [3.8, 4) is 5.75 Å². The molecule has 27 heavy (non-hydrogen) atoms. The van der Waals surface area contributed by atoms with Crippen LogP contribution in [0.1, 0.15) is 12.8 Å². The van der Waals surface area contributed by atoms with Gasteiger partial charge in [0.1, 0.15) is 12.3 Å². The van der Waals surface area contributed by atoms with Crippen molar-refractivity contribution in [2.24, 2.45) is 0 Å². The number of methoxy groups -OCH3 is 1. The summed E-state index contributed by atoms with van der Waals surface area (Å²) in [5.41, 5.74) is 0.322. The number of nitrogens with zero attached hydrogens (tertiary/aromatic N) is 2. The Labute approximate surface area is 164 Å². The average molecular weight is 409 g/mol. The van der Waals surface area contributed by atoms with Gasteiger partial charge >= 0.3 is 0 Å². The van der Waals surface area contributed by atoms with Crippen LogP contribution in [0.5, 0.6) is 5.75 Å². The van der Waals surface area contributed by atoms with E-state index < -0.39 is 10.0 Å². The number of benzene rings is 2. The van der Waals surface area contributed by atoms with E-state index in [4.69, 9.17) is 16.3 Å². The number of amides is 1. The van der Waals surface area contributed by atoms with E-state index in [-0.39, 0.29) is 17.3 Å². The minimum Gasteiger partial charge on any atom is -0.495 e. The number of ether oxygens (including phenoxy) is 1. The summed E-state index contributed by atoms with van der Waals surface area (Å²) in [6.07, 6.45) is 1.87. The van der Waals surface area contributed by atoms with Crippen LogP contribution < -0.4 is 9.04 Å². The molecule has 3 rings (SSSR count). The summed E-state index contributed by atoms with van der Waals surface area (Å²) in [4.78, 5) is 14.5. The number of rotatable bonds is 6. The third-order valence-electron chi connectivity index (χ3n) is 4.49. The van der Waals surface area contributed by atoms with Crippen molar-refractivity contribution in [3.63, 3.8) is 0 Å². The van der Waals surface area contributed by atoms with E-state index in [1.54, 1.807) is 29.2 Å². The number of likely N-dealkylation sites (tertiary alicyclic amines) is 1. The number of halogens is 1. The Bertz CT molecular complexity index is 910. The van der Waals surface area contributed by atoms with Gasteiger partial charge < -0.3 is 9.64 Å². The molecule has 1 fully saturated rings. The van der Waals surface area contributed by atoms with Crippen LogP contribution in [0, 0.1) is 0 Å². The van der Waals surface area contributed by atoms with Crippen LogP contribution in [0.4, 0.5) is 5.69 Å². The number of carbonyl (C=O) groups excluding carboxylic acids is 1. The Kier molecular flexibility index (Phi) is 5.92. The highest BCUT2D eigenvalue weighted by molar-refractivity contribution is 7.92. The topological polar surface area (TPSA) is 66.9 Å². The first-order valence-electron chi connectivity index (χ1n) is 8.62. The molecule has 0 bridgehead atoms. The van der Waals surface area contributed by atoms with E-state index >= 15 is 0 Å². The summed E-state index contributed by atoms with van der Waals surface area (Å²) in [5.74, 6) is 0.153. The standard InChI is InChI=1S/C19H21ClN2O4S/c1-26-18-7-3-2-6-17(18)22(14-19(23)21-12-4-5-13-21)27(24,25)16-10-8-15(20)9-11-16/h2-3,6-11H,4-5,12-14H2,1H3. The summed E-state index contributed by atoms with van der Waals surface area (Å²) < 4.78 is 33.1. The predicted molar refractivity (Wildman–Crippen MR) is 105 cm³/mol. The minimum atomic E-state index is -3.98. The van der Waals surface area contributed by atoms with Gasteiger partial charge in [0.25, 0.3) is 10.0 Å². The van der Waals surface area contributed by atoms with E-state index in [1.807, 2.05) is 0 Å². The number of anilines is 1. The van der Waals surface area contributed by atoms with Crippen LogP contribution in [0.3, 0.4) is 0 Å². The maximum Gasteiger partial charge on any atom is 0.264 e. The minimum absolute atomic E-state index is 0.0621. The summed E-state index contributed by atoms with van der Waals surface area (Å²) in [5, 5.41) is 0.436. The van der Waals surface area contributed by atoms with Gasteiger partial charge in [-0.1, -0.05) is 23.7 Å². The lowest BCUT2D eigenvalue weighted by Gasteiger charge is -2.27. The predicted octanol–water partition coefficient (Wildman–Crippen LogP) is 3.17. The lowest BCUT2D eigenvalue weighted by Crippen LogP contribution is -2.42. The van der Waals surface area contributed by atoms with Gasteiger partial charge in [0.2, 0.25) is 5.91 Å². The molecule has 1 aliphatic heterocycles. The van der Waals surface area contributed by atoms with Gasteiger partial charge in [-0.05, 0) is 49.2 Å². The molecule has 2 aromatic rings. The van der Waals surface area contributed by atoms with E-state index in [9.17, 15) is 13.2 Å². The fraction of sp³-hybridized carbons (Fsp3) is 0.316. The Morgan fingerprint density at radius 1 is 1.11 bits per heavy atom. The van der Waals surface area contributed by atoms with E-state index in [0.29, 0.717) is 29.5 Å². The Balaban J connectivity index is 2.03. The molecule has 1 amide bonds. The maximum atomic E-state index is 13.3. The molecule has 1 saturated heterocycles. The SMILES string of the molecule is COc1ccccc1N(CC(=O)N1CCCC1)S(=O)(=O)c1ccc(Cl)cc1. The van der Waals surface area contributed by atoms with E-state index in [0.717, 1.165) is 17.1 Å². The monoisotopic (exact) mass is 408 g/mol. The van der Waals surface area contributed by atoms with Gasteiger partial charge in [-0.2, -0.15) is 0 Å². The molecule has 0 aromatic heterocycles. The molecule has 8 heteroatoms. The lowest BCUT2D eigenvalue weighted by atomic mass is 10.3. The number of sulfonamides is 1. The Morgan fingerprint density at radius 2 is 1.74 bits per heavy atom. The second-order valence-electron chi connectivity index (χ2n) is 6.23. The van der Waals surface area contributed by atoms with Crippen molar-refractivity contribution in [1.82, 2.24) is 4.90 Å². The van der Waals surface area contributed by atoms with Gasteiger partial charge in [-0.15, -0.1) is 0 Å². The van der Waals surface area contributed by atoms with Crippen LogP contribution in [0.25, 0.3) is 0 Å². The molecule has 0 saturated carbocycles. The van der Waals surface area contributed by atoms with Gasteiger partial charge in [0.05, 0.1) is 17.7 Å². The molecule has 0 atom stereocenters. The number of carbonyl (C=O) groups is 1. The fourth-order valence-corrected chi connectivity index (χ4v) is 4.61. The van der Waals surface area contributed by atoms with Gasteiger partial charge in [0.15, 0.2) is 0 Å². The van der Waals surface area contributed by atoms with Gasteiger partial charge in [0, 0.05) is 18.1 Å². The number of hydrogen-bond donors (Lipinski definition) is 0. The largest absolute Gasteiger partial charge is 0.495 e. The molecule has 1 aliphatic rings. The highest BCUT2D eigenvalue weighted by atomic mass is 35.5. The molecule has 2 aromatic carbocycles. The molecular formula is C19H21ClN2O4S. The van der Waals surface area contributed by atoms with Crippen molar-refractivity contribution < 1.29 is 17.9 Å². The lowest BCUT2D eigenvalue weighted by molar-refractivity contribution is -0.128. The molecular weight excluding hydrogens is 388 g/mol. The summed E-state index contributed by atoms with van der Waals surface area (Å²) in [6, 6.07) is 12.6. The molecule has 1 heterocycles. The summed E-state index contributed by atoms with van der Waals surface area (Å²) in [6.45, 7) is 1.02. The van der Waals surface area contributed by atoms with Gasteiger partial charge in [-0.3, -0.25) is 9.10 Å². The number of para-hydroxylation sites is 2. The Morgan fingerprint density at radius 3 is 2.37 bits per heavy atom. The van der Waals surface area contributed by atoms with Crippen LogP contribution in [-0.4, -0.2) is 46.0 Å². The highest BCUT2D eigenvalue weighted by Crippen LogP contribution is 2.32. The molecule has 0 aliphatic carbocycles. The fourth-order valence-electron chi connectivity index (χ4n) is 3.06. The average Bonchev–Trinajstić information content (AvgIpc) is 3.21. The summed E-state index contributed by atoms with van der Waals surface area (Å²) in [7, 11) is -2.51. The van der Waals surface area contributed by atoms with Crippen LogP contribution in [0.15, 0.2) is 53.4 Å². The van der Waals surface area contributed by atoms with Crippen molar-refractivity contribution in [3.05, 3.63) is 53.6 Å².